The Balaban J connectivity index is 2.10. The highest BCUT2D eigenvalue weighted by Gasteiger charge is 2.47. The third-order valence-corrected chi connectivity index (χ3v) is 6.15. The van der Waals surface area contributed by atoms with Crippen LogP contribution >= 0.6 is 0 Å². The maximum Gasteiger partial charge on any atom is 0.336 e. The number of esters is 1. The third kappa shape index (κ3) is 4.00. The average Bonchev–Trinajstić information content (AvgIpc) is 2.67. The van der Waals surface area contributed by atoms with Gasteiger partial charge in [-0.3, -0.25) is 9.79 Å². The van der Waals surface area contributed by atoms with Crippen molar-refractivity contribution in [2.45, 2.75) is 53.4 Å². The summed E-state index contributed by atoms with van der Waals surface area (Å²) in [5, 5.41) is 0. The quantitative estimate of drug-likeness (QED) is 0.687. The van der Waals surface area contributed by atoms with E-state index in [4.69, 9.17) is 9.73 Å². The number of allylic oxidation sites excluding steroid dienone is 1. The van der Waals surface area contributed by atoms with Gasteiger partial charge in [0.1, 0.15) is 5.78 Å². The standard InChI is InChI=1S/C24H32N2O3/c1-7-26(8-2)17-11-9-16(10-12-17)21-20(23(28)29-6)15(3)25-18-13-24(4,5)14-19(27)22(18)21/h9-12,21-22H,7-8,13-14H2,1-6H3/t21-,22?/m0/s1. The molecule has 0 saturated heterocycles. The van der Waals surface area contributed by atoms with Crippen molar-refractivity contribution in [1.29, 1.82) is 0 Å². The predicted octanol–water partition coefficient (Wildman–Crippen LogP) is 4.52. The molecular formula is C24H32N2O3. The summed E-state index contributed by atoms with van der Waals surface area (Å²) in [6, 6.07) is 8.25. The van der Waals surface area contributed by atoms with E-state index in [0.29, 0.717) is 17.7 Å². The molecule has 5 heteroatoms. The van der Waals surface area contributed by atoms with E-state index in [1.165, 1.54) is 7.11 Å². The van der Waals surface area contributed by atoms with E-state index in [1.54, 1.807) is 0 Å². The van der Waals surface area contributed by atoms with E-state index in [1.807, 2.05) is 19.1 Å². The molecule has 0 radical (unpaired) electrons. The third-order valence-electron chi connectivity index (χ3n) is 6.15. The number of ketones is 1. The van der Waals surface area contributed by atoms with Gasteiger partial charge >= 0.3 is 5.97 Å². The van der Waals surface area contributed by atoms with Crippen molar-refractivity contribution in [3.63, 3.8) is 0 Å². The Hall–Kier alpha value is -2.43. The monoisotopic (exact) mass is 396 g/mol. The molecular weight excluding hydrogens is 364 g/mol. The van der Waals surface area contributed by atoms with Gasteiger partial charge < -0.3 is 9.64 Å². The van der Waals surface area contributed by atoms with Crippen LogP contribution in [0, 0.1) is 11.3 Å². The highest BCUT2D eigenvalue weighted by Crippen LogP contribution is 2.47. The first-order chi connectivity index (χ1) is 13.7. The molecule has 3 rings (SSSR count). The summed E-state index contributed by atoms with van der Waals surface area (Å²) in [7, 11) is 1.38. The topological polar surface area (TPSA) is 59.0 Å². The lowest BCUT2D eigenvalue weighted by Gasteiger charge is -2.41. The number of carbonyl (C=O) groups is 2. The number of hydrogen-bond donors (Lipinski definition) is 0. The highest BCUT2D eigenvalue weighted by atomic mass is 16.5. The number of aliphatic imine (C=N–C) groups is 1. The molecule has 1 aromatic carbocycles. The fraction of sp³-hybridized carbons (Fsp3) is 0.542. The molecule has 1 aromatic rings. The normalized spacial score (nSPS) is 23.4. The average molecular weight is 397 g/mol. The van der Waals surface area contributed by atoms with Gasteiger partial charge in [-0.1, -0.05) is 26.0 Å². The van der Waals surface area contributed by atoms with Gasteiger partial charge in [-0.05, 0) is 50.3 Å². The number of benzene rings is 1. The number of ether oxygens (including phenoxy) is 1. The first-order valence-corrected chi connectivity index (χ1v) is 10.5. The Labute approximate surface area is 173 Å². The molecule has 0 amide bonds. The van der Waals surface area contributed by atoms with Crippen LogP contribution in [0.2, 0.25) is 0 Å². The second-order valence-corrected chi connectivity index (χ2v) is 8.80. The van der Waals surface area contributed by atoms with E-state index >= 15 is 0 Å². The van der Waals surface area contributed by atoms with Gasteiger partial charge in [-0.15, -0.1) is 0 Å². The van der Waals surface area contributed by atoms with Gasteiger partial charge in [0.25, 0.3) is 0 Å². The molecule has 0 bridgehead atoms. The van der Waals surface area contributed by atoms with Crippen LogP contribution in [-0.4, -0.2) is 37.7 Å². The Kier molecular flexibility index (Phi) is 5.97. The zero-order chi connectivity index (χ0) is 21.3. The van der Waals surface area contributed by atoms with E-state index in [-0.39, 0.29) is 23.0 Å². The molecule has 0 spiro atoms. The fourth-order valence-electron chi connectivity index (χ4n) is 4.81. The van der Waals surface area contributed by atoms with Crippen molar-refractivity contribution >= 4 is 23.2 Å². The number of hydrogen-bond acceptors (Lipinski definition) is 5. The Bertz CT molecular complexity index is 861. The van der Waals surface area contributed by atoms with Crippen molar-refractivity contribution in [2.24, 2.45) is 16.3 Å². The van der Waals surface area contributed by atoms with Crippen molar-refractivity contribution in [1.82, 2.24) is 0 Å². The summed E-state index contributed by atoms with van der Waals surface area (Å²) in [6.45, 7) is 12.2. The molecule has 2 aliphatic rings. The van der Waals surface area contributed by atoms with Crippen molar-refractivity contribution in [3.8, 4) is 0 Å². The van der Waals surface area contributed by atoms with Crippen molar-refractivity contribution < 1.29 is 14.3 Å². The summed E-state index contributed by atoms with van der Waals surface area (Å²) < 4.78 is 5.08. The molecule has 0 N–H and O–H groups in total. The molecule has 1 heterocycles. The second kappa shape index (κ2) is 8.13. The summed E-state index contributed by atoms with van der Waals surface area (Å²) in [5.74, 6) is -0.975. The van der Waals surface area contributed by atoms with E-state index in [2.05, 4.69) is 44.7 Å². The van der Waals surface area contributed by atoms with Crippen LogP contribution in [0.25, 0.3) is 0 Å². The fourth-order valence-corrected chi connectivity index (χ4v) is 4.81. The zero-order valence-corrected chi connectivity index (χ0v) is 18.4. The zero-order valence-electron chi connectivity index (χ0n) is 18.4. The smallest absolute Gasteiger partial charge is 0.336 e. The number of carbonyl (C=O) groups excluding carboxylic acids is 2. The SMILES string of the molecule is CCN(CC)c1ccc([C@H]2C(C(=O)OC)=C(C)N=C3CC(C)(C)CC(=O)C32)cc1. The van der Waals surface area contributed by atoms with Crippen LogP contribution in [0.15, 0.2) is 40.5 Å². The van der Waals surface area contributed by atoms with Crippen LogP contribution < -0.4 is 4.90 Å². The predicted molar refractivity (Wildman–Crippen MR) is 116 cm³/mol. The van der Waals surface area contributed by atoms with Gasteiger partial charge in [0.2, 0.25) is 0 Å². The molecule has 0 aromatic heterocycles. The first-order valence-electron chi connectivity index (χ1n) is 10.5. The molecule has 1 saturated carbocycles. The van der Waals surface area contributed by atoms with Gasteiger partial charge in [0, 0.05) is 42.5 Å². The lowest BCUT2D eigenvalue weighted by Crippen LogP contribution is -2.44. The Morgan fingerprint density at radius 1 is 1.14 bits per heavy atom. The van der Waals surface area contributed by atoms with Gasteiger partial charge in [-0.25, -0.2) is 4.79 Å². The molecule has 2 atom stereocenters. The molecule has 5 nitrogen and oxygen atoms in total. The minimum atomic E-state index is -0.402. The maximum absolute atomic E-state index is 13.2. The lowest BCUT2D eigenvalue weighted by molar-refractivity contribution is -0.136. The number of fused-ring (bicyclic) bond motifs is 1. The van der Waals surface area contributed by atoms with Gasteiger partial charge in [-0.2, -0.15) is 0 Å². The molecule has 29 heavy (non-hydrogen) atoms. The minimum Gasteiger partial charge on any atom is -0.466 e. The number of nitrogens with zero attached hydrogens (tertiary/aromatic N) is 2. The highest BCUT2D eigenvalue weighted by molar-refractivity contribution is 6.12. The minimum absolute atomic E-state index is 0.105. The summed E-state index contributed by atoms with van der Waals surface area (Å²) >= 11 is 0. The number of methoxy groups -OCH3 is 1. The summed E-state index contributed by atoms with van der Waals surface area (Å²) in [5.41, 5.74) is 4.06. The second-order valence-electron chi connectivity index (χ2n) is 8.80. The van der Waals surface area contributed by atoms with E-state index < -0.39 is 5.97 Å². The molecule has 1 unspecified atom stereocenters. The molecule has 156 valence electrons. The number of rotatable bonds is 5. The van der Waals surface area contributed by atoms with Crippen molar-refractivity contribution in [3.05, 3.63) is 41.1 Å². The first kappa shape index (κ1) is 21.3. The molecule has 1 aliphatic carbocycles. The van der Waals surface area contributed by atoms with Crippen LogP contribution in [0.3, 0.4) is 0 Å². The van der Waals surface area contributed by atoms with E-state index in [9.17, 15) is 9.59 Å². The van der Waals surface area contributed by atoms with Crippen LogP contribution in [0.5, 0.6) is 0 Å². The Morgan fingerprint density at radius 2 is 1.76 bits per heavy atom. The summed E-state index contributed by atoms with van der Waals surface area (Å²) in [4.78, 5) is 32.9. The van der Waals surface area contributed by atoms with Crippen LogP contribution in [-0.2, 0) is 14.3 Å². The van der Waals surface area contributed by atoms with Gasteiger partial charge in [0.15, 0.2) is 0 Å². The molecule has 1 aliphatic heterocycles. The largest absolute Gasteiger partial charge is 0.466 e. The van der Waals surface area contributed by atoms with Crippen molar-refractivity contribution in [2.75, 3.05) is 25.1 Å². The van der Waals surface area contributed by atoms with Gasteiger partial charge in [0.05, 0.1) is 18.6 Å². The number of Topliss-reactive ketones (excluding diaryl/α,β-unsaturated/α-hetero) is 1. The number of anilines is 1. The molecule has 1 fully saturated rings. The van der Waals surface area contributed by atoms with E-state index in [0.717, 1.165) is 36.5 Å². The maximum atomic E-state index is 13.2. The van der Waals surface area contributed by atoms with Crippen LogP contribution in [0.4, 0.5) is 5.69 Å². The van der Waals surface area contributed by atoms with Crippen LogP contribution in [0.1, 0.15) is 58.9 Å². The summed E-state index contributed by atoms with van der Waals surface area (Å²) in [6.07, 6.45) is 1.27. The Morgan fingerprint density at radius 3 is 2.31 bits per heavy atom. The lowest BCUT2D eigenvalue weighted by atomic mass is 9.63.